The third kappa shape index (κ3) is 4.19. The number of hydrogen-bond acceptors (Lipinski definition) is 6. The highest BCUT2D eigenvalue weighted by Gasteiger charge is 2.25. The summed E-state index contributed by atoms with van der Waals surface area (Å²) in [6.45, 7) is 14.0. The zero-order valence-electron chi connectivity index (χ0n) is 19.6. The molecule has 3 aromatic carbocycles. The van der Waals surface area contributed by atoms with Gasteiger partial charge in [0.05, 0.1) is 28.3 Å². The summed E-state index contributed by atoms with van der Waals surface area (Å²) in [6.07, 6.45) is 0. The van der Waals surface area contributed by atoms with E-state index in [1.165, 1.54) is 11.1 Å². The van der Waals surface area contributed by atoms with Gasteiger partial charge in [0.2, 0.25) is 0 Å². The zero-order chi connectivity index (χ0) is 24.4. The molecule has 3 aromatic rings. The number of anilines is 2. The van der Waals surface area contributed by atoms with Gasteiger partial charge in [-0.1, -0.05) is 49.6 Å². The molecule has 0 atom stereocenters. The Morgan fingerprint density at radius 3 is 2.53 bits per heavy atom. The molecule has 1 aliphatic heterocycles. The van der Waals surface area contributed by atoms with Gasteiger partial charge >= 0.3 is 0 Å². The highest BCUT2D eigenvalue weighted by molar-refractivity contribution is 6.50. The molecular formula is C28H26N6. The van der Waals surface area contributed by atoms with E-state index in [0.29, 0.717) is 28.4 Å². The molecule has 0 amide bonds. The zero-order valence-corrected chi connectivity index (χ0v) is 19.6. The Labute approximate surface area is 200 Å². The van der Waals surface area contributed by atoms with Crippen LogP contribution in [0.15, 0.2) is 89.7 Å². The van der Waals surface area contributed by atoms with Crippen molar-refractivity contribution in [3.8, 4) is 17.2 Å². The summed E-state index contributed by atoms with van der Waals surface area (Å²) in [4.78, 5) is 0. The van der Waals surface area contributed by atoms with Crippen molar-refractivity contribution in [2.45, 2.75) is 20.8 Å². The lowest BCUT2D eigenvalue weighted by Crippen LogP contribution is -2.16. The minimum absolute atomic E-state index is 0.476. The lowest BCUT2D eigenvalue weighted by Gasteiger charge is -2.16. The van der Waals surface area contributed by atoms with E-state index in [-0.39, 0.29) is 0 Å². The first-order chi connectivity index (χ1) is 16.3. The molecule has 0 saturated heterocycles. The van der Waals surface area contributed by atoms with Gasteiger partial charge in [-0.3, -0.25) is 5.43 Å². The van der Waals surface area contributed by atoms with Crippen molar-refractivity contribution in [3.05, 3.63) is 102 Å². The fourth-order valence-electron chi connectivity index (χ4n) is 3.79. The molecule has 0 aliphatic carbocycles. The topological polar surface area (TPSA) is 89.8 Å². The van der Waals surface area contributed by atoms with Crippen LogP contribution in [0.1, 0.15) is 29.2 Å². The Morgan fingerprint density at radius 2 is 1.82 bits per heavy atom. The SMILES string of the molecule is C=C(N)c1cccc(-c2cccc(N/N=C3\C(=C)N(c4ccc(C)c(C)c4)N=C3C)c2C#N)c1. The molecule has 1 aliphatic rings. The maximum Gasteiger partial charge on any atom is 0.131 e. The van der Waals surface area contributed by atoms with E-state index in [0.717, 1.165) is 28.1 Å². The van der Waals surface area contributed by atoms with Crippen LogP contribution in [0.2, 0.25) is 0 Å². The summed E-state index contributed by atoms with van der Waals surface area (Å²) < 4.78 is 0. The van der Waals surface area contributed by atoms with Crippen LogP contribution in [-0.2, 0) is 0 Å². The maximum atomic E-state index is 9.94. The van der Waals surface area contributed by atoms with Crippen LogP contribution in [-0.4, -0.2) is 11.4 Å². The maximum absolute atomic E-state index is 9.94. The number of rotatable bonds is 5. The summed E-state index contributed by atoms with van der Waals surface area (Å²) in [7, 11) is 0. The highest BCUT2D eigenvalue weighted by Crippen LogP contribution is 2.31. The number of hydrogen-bond donors (Lipinski definition) is 2. The van der Waals surface area contributed by atoms with Crippen LogP contribution in [0.25, 0.3) is 16.8 Å². The average molecular weight is 447 g/mol. The van der Waals surface area contributed by atoms with Gasteiger partial charge in [-0.25, -0.2) is 5.01 Å². The van der Waals surface area contributed by atoms with E-state index in [2.05, 4.69) is 60.8 Å². The van der Waals surface area contributed by atoms with Gasteiger partial charge in [0.1, 0.15) is 11.8 Å². The Morgan fingerprint density at radius 1 is 1.06 bits per heavy atom. The summed E-state index contributed by atoms with van der Waals surface area (Å²) >= 11 is 0. The predicted octanol–water partition coefficient (Wildman–Crippen LogP) is 5.95. The molecule has 6 nitrogen and oxygen atoms in total. The van der Waals surface area contributed by atoms with E-state index in [1.54, 1.807) is 5.01 Å². The lowest BCUT2D eigenvalue weighted by atomic mass is 9.97. The third-order valence-electron chi connectivity index (χ3n) is 5.87. The molecule has 0 unspecified atom stereocenters. The summed E-state index contributed by atoms with van der Waals surface area (Å²) in [5, 5.41) is 20.9. The number of nitrogens with two attached hydrogens (primary N) is 1. The number of allylic oxidation sites excluding steroid dienone is 1. The molecule has 0 saturated carbocycles. The van der Waals surface area contributed by atoms with Crippen molar-refractivity contribution in [2.75, 3.05) is 10.4 Å². The molecule has 0 bridgehead atoms. The Kier molecular flexibility index (Phi) is 6.03. The van der Waals surface area contributed by atoms with E-state index in [4.69, 9.17) is 5.73 Å². The Hall–Kier alpha value is -4.63. The number of aryl methyl sites for hydroxylation is 2. The van der Waals surface area contributed by atoms with Crippen molar-refractivity contribution >= 4 is 28.5 Å². The second-order valence-electron chi connectivity index (χ2n) is 8.23. The van der Waals surface area contributed by atoms with Crippen LogP contribution in [0.4, 0.5) is 11.4 Å². The molecule has 1 heterocycles. The number of hydrazone groups is 2. The quantitative estimate of drug-likeness (QED) is 0.474. The second kappa shape index (κ2) is 9.08. The largest absolute Gasteiger partial charge is 0.399 e. The Balaban J connectivity index is 1.65. The number of nitrogens with zero attached hydrogens (tertiary/aromatic N) is 4. The predicted molar refractivity (Wildman–Crippen MR) is 142 cm³/mol. The molecular weight excluding hydrogens is 420 g/mol. The number of nitriles is 1. The van der Waals surface area contributed by atoms with Crippen molar-refractivity contribution in [3.63, 3.8) is 0 Å². The fraction of sp³-hybridized carbons (Fsp3) is 0.107. The van der Waals surface area contributed by atoms with E-state index < -0.39 is 0 Å². The lowest BCUT2D eigenvalue weighted by molar-refractivity contribution is 1.07. The van der Waals surface area contributed by atoms with Crippen molar-refractivity contribution in [1.82, 2.24) is 0 Å². The molecule has 4 rings (SSSR count). The molecule has 0 fully saturated rings. The van der Waals surface area contributed by atoms with Crippen LogP contribution in [0, 0.1) is 25.2 Å². The van der Waals surface area contributed by atoms with Gasteiger partial charge in [0, 0.05) is 11.3 Å². The molecule has 0 radical (unpaired) electrons. The number of benzene rings is 3. The fourth-order valence-corrected chi connectivity index (χ4v) is 3.79. The summed E-state index contributed by atoms with van der Waals surface area (Å²) in [5.41, 5.74) is 18.3. The standard InChI is InChI=1S/C28H26N6/c1-17-12-13-24(14-18(17)2)34-21(5)28(20(4)33-34)32-31-27-11-7-10-25(26(27)16-29)23-9-6-8-22(15-23)19(3)30/h6-15,31H,3,5,30H2,1-2,4H3/b32-28-. The summed E-state index contributed by atoms with van der Waals surface area (Å²) in [5.74, 6) is 0. The van der Waals surface area contributed by atoms with Crippen LogP contribution < -0.4 is 16.2 Å². The molecule has 0 aromatic heterocycles. The molecule has 6 heteroatoms. The summed E-state index contributed by atoms with van der Waals surface area (Å²) in [6, 6.07) is 21.7. The van der Waals surface area contributed by atoms with Gasteiger partial charge in [0.25, 0.3) is 0 Å². The monoisotopic (exact) mass is 446 g/mol. The third-order valence-corrected chi connectivity index (χ3v) is 5.87. The molecule has 0 spiro atoms. The minimum Gasteiger partial charge on any atom is -0.399 e. The Bertz CT molecular complexity index is 1420. The molecule has 34 heavy (non-hydrogen) atoms. The van der Waals surface area contributed by atoms with Gasteiger partial charge in [-0.2, -0.15) is 15.5 Å². The average Bonchev–Trinajstić information content (AvgIpc) is 3.12. The van der Waals surface area contributed by atoms with E-state index >= 15 is 0 Å². The normalized spacial score (nSPS) is 14.2. The first-order valence-electron chi connectivity index (χ1n) is 10.8. The molecule has 3 N–H and O–H groups in total. The smallest absolute Gasteiger partial charge is 0.131 e. The van der Waals surface area contributed by atoms with E-state index in [1.807, 2.05) is 55.5 Å². The van der Waals surface area contributed by atoms with Crippen LogP contribution in [0.3, 0.4) is 0 Å². The van der Waals surface area contributed by atoms with Gasteiger partial charge in [-0.15, -0.1) is 0 Å². The van der Waals surface area contributed by atoms with Crippen molar-refractivity contribution in [2.24, 2.45) is 15.9 Å². The van der Waals surface area contributed by atoms with Crippen LogP contribution in [0.5, 0.6) is 0 Å². The van der Waals surface area contributed by atoms with Crippen LogP contribution >= 0.6 is 0 Å². The van der Waals surface area contributed by atoms with Gasteiger partial charge < -0.3 is 5.73 Å². The molecule has 168 valence electrons. The van der Waals surface area contributed by atoms with Gasteiger partial charge in [-0.05, 0) is 67.3 Å². The number of nitrogens with one attached hydrogen (secondary N) is 1. The minimum atomic E-state index is 0.476. The van der Waals surface area contributed by atoms with E-state index in [9.17, 15) is 5.26 Å². The second-order valence-corrected chi connectivity index (χ2v) is 8.23. The van der Waals surface area contributed by atoms with Crippen molar-refractivity contribution < 1.29 is 0 Å². The first-order valence-corrected chi connectivity index (χ1v) is 10.8. The van der Waals surface area contributed by atoms with Crippen molar-refractivity contribution in [1.29, 1.82) is 5.26 Å². The highest BCUT2D eigenvalue weighted by atomic mass is 15.5. The first kappa shape index (κ1) is 22.6. The van der Waals surface area contributed by atoms with Gasteiger partial charge in [0.15, 0.2) is 0 Å².